The molecule has 0 saturated heterocycles. The fraction of sp³-hybridized carbons (Fsp3) is 0.273. The number of carboxylic acid groups (broad SMARTS) is 1. The lowest BCUT2D eigenvalue weighted by Gasteiger charge is -2.26. The number of rotatable bonds is 1. The van der Waals surface area contributed by atoms with Crippen LogP contribution in [0.5, 0.6) is 5.75 Å². The van der Waals surface area contributed by atoms with Gasteiger partial charge in [0.2, 0.25) is 0 Å². The summed E-state index contributed by atoms with van der Waals surface area (Å²) in [6.45, 7) is 1.72. The molecule has 1 N–H and O–H groups in total. The number of esters is 1. The lowest BCUT2D eigenvalue weighted by atomic mass is 9.85. The van der Waals surface area contributed by atoms with E-state index in [1.165, 1.54) is 0 Å². The Morgan fingerprint density at radius 2 is 2.07 bits per heavy atom. The van der Waals surface area contributed by atoms with E-state index in [1.54, 1.807) is 31.2 Å². The maximum atomic E-state index is 11.4. The third kappa shape index (κ3) is 1.48. The highest BCUT2D eigenvalue weighted by atomic mass is 16.5. The first-order valence-corrected chi connectivity index (χ1v) is 4.64. The number of carbonyl (C=O) groups is 2. The largest absolute Gasteiger partial charge is 0.481 e. The van der Waals surface area contributed by atoms with Crippen molar-refractivity contribution in [2.45, 2.75) is 12.8 Å². The number of benzene rings is 1. The summed E-state index contributed by atoms with van der Waals surface area (Å²) in [6, 6.07) is 7.00. The van der Waals surface area contributed by atoms with Crippen LogP contribution in [0, 0.1) is 5.92 Å². The van der Waals surface area contributed by atoms with Gasteiger partial charge in [-0.3, -0.25) is 9.59 Å². The fourth-order valence-corrected chi connectivity index (χ4v) is 1.82. The number of carboxylic acids is 1. The van der Waals surface area contributed by atoms with Gasteiger partial charge in [-0.2, -0.15) is 0 Å². The van der Waals surface area contributed by atoms with E-state index in [1.807, 2.05) is 0 Å². The SMILES string of the molecule is C[C@H]1c2ccccc2OC(=O)[C@@H]1C(=O)O. The molecule has 4 heteroatoms. The summed E-state index contributed by atoms with van der Waals surface area (Å²) >= 11 is 0. The van der Waals surface area contributed by atoms with E-state index in [0.29, 0.717) is 5.75 Å². The van der Waals surface area contributed by atoms with Crippen molar-refractivity contribution in [3.8, 4) is 5.75 Å². The molecule has 15 heavy (non-hydrogen) atoms. The third-order valence-electron chi connectivity index (χ3n) is 2.64. The maximum absolute atomic E-state index is 11.4. The van der Waals surface area contributed by atoms with Crippen LogP contribution in [0.15, 0.2) is 24.3 Å². The van der Waals surface area contributed by atoms with E-state index >= 15 is 0 Å². The predicted molar refractivity (Wildman–Crippen MR) is 51.6 cm³/mol. The summed E-state index contributed by atoms with van der Waals surface area (Å²) in [6.07, 6.45) is 0. The van der Waals surface area contributed by atoms with Crippen LogP contribution in [0.2, 0.25) is 0 Å². The summed E-state index contributed by atoms with van der Waals surface area (Å²) < 4.78 is 4.96. The molecule has 1 aromatic carbocycles. The zero-order chi connectivity index (χ0) is 11.0. The molecule has 1 aliphatic rings. The van der Waals surface area contributed by atoms with E-state index in [-0.39, 0.29) is 5.92 Å². The summed E-state index contributed by atoms with van der Waals surface area (Å²) in [4.78, 5) is 22.3. The van der Waals surface area contributed by atoms with Crippen LogP contribution >= 0.6 is 0 Å². The Hall–Kier alpha value is -1.84. The summed E-state index contributed by atoms with van der Waals surface area (Å²) in [5, 5.41) is 8.90. The van der Waals surface area contributed by atoms with Crippen molar-refractivity contribution in [2.24, 2.45) is 5.92 Å². The van der Waals surface area contributed by atoms with Crippen molar-refractivity contribution >= 4 is 11.9 Å². The molecular formula is C11H10O4. The first-order valence-electron chi connectivity index (χ1n) is 4.64. The topological polar surface area (TPSA) is 63.6 Å². The minimum Gasteiger partial charge on any atom is -0.481 e. The predicted octanol–water partition coefficient (Wildman–Crippen LogP) is 1.41. The lowest BCUT2D eigenvalue weighted by Crippen LogP contribution is -2.36. The highest BCUT2D eigenvalue weighted by Crippen LogP contribution is 2.37. The van der Waals surface area contributed by atoms with Crippen LogP contribution in [-0.2, 0) is 9.59 Å². The molecule has 0 bridgehead atoms. The number of para-hydroxylation sites is 1. The van der Waals surface area contributed by atoms with E-state index in [4.69, 9.17) is 9.84 Å². The molecule has 1 heterocycles. The van der Waals surface area contributed by atoms with Gasteiger partial charge in [-0.15, -0.1) is 0 Å². The van der Waals surface area contributed by atoms with Crippen LogP contribution in [0.3, 0.4) is 0 Å². The third-order valence-corrected chi connectivity index (χ3v) is 2.64. The molecule has 78 valence electrons. The van der Waals surface area contributed by atoms with Gasteiger partial charge in [0.05, 0.1) is 0 Å². The molecule has 0 amide bonds. The quantitative estimate of drug-likeness (QED) is 0.428. The lowest BCUT2D eigenvalue weighted by molar-refractivity contribution is -0.155. The average Bonchev–Trinajstić information content (AvgIpc) is 2.17. The Morgan fingerprint density at radius 3 is 2.73 bits per heavy atom. The molecule has 2 atom stereocenters. The Kier molecular flexibility index (Phi) is 2.19. The first kappa shape index (κ1) is 9.71. The molecule has 0 aliphatic carbocycles. The van der Waals surface area contributed by atoms with Crippen LogP contribution < -0.4 is 4.74 Å². The van der Waals surface area contributed by atoms with Crippen LogP contribution in [-0.4, -0.2) is 17.0 Å². The van der Waals surface area contributed by atoms with Gasteiger partial charge in [-0.1, -0.05) is 25.1 Å². The summed E-state index contributed by atoms with van der Waals surface area (Å²) in [5.41, 5.74) is 0.768. The minimum atomic E-state index is -1.14. The van der Waals surface area contributed by atoms with Crippen molar-refractivity contribution in [1.29, 1.82) is 0 Å². The van der Waals surface area contributed by atoms with Gasteiger partial charge in [-0.25, -0.2) is 0 Å². The molecule has 1 aliphatic heterocycles. The molecule has 2 rings (SSSR count). The fourth-order valence-electron chi connectivity index (χ4n) is 1.82. The highest BCUT2D eigenvalue weighted by Gasteiger charge is 2.39. The van der Waals surface area contributed by atoms with Gasteiger partial charge in [0, 0.05) is 5.92 Å². The van der Waals surface area contributed by atoms with E-state index in [2.05, 4.69) is 0 Å². The van der Waals surface area contributed by atoms with Crippen molar-refractivity contribution in [2.75, 3.05) is 0 Å². The van der Waals surface area contributed by atoms with Crippen molar-refractivity contribution in [1.82, 2.24) is 0 Å². The van der Waals surface area contributed by atoms with Gasteiger partial charge in [0.1, 0.15) is 5.75 Å². The smallest absolute Gasteiger partial charge is 0.326 e. The van der Waals surface area contributed by atoms with Gasteiger partial charge < -0.3 is 9.84 Å². The minimum absolute atomic E-state index is 0.347. The zero-order valence-corrected chi connectivity index (χ0v) is 8.14. The van der Waals surface area contributed by atoms with Crippen LogP contribution in [0.25, 0.3) is 0 Å². The van der Waals surface area contributed by atoms with Crippen molar-refractivity contribution in [3.05, 3.63) is 29.8 Å². The highest BCUT2D eigenvalue weighted by molar-refractivity contribution is 5.97. The monoisotopic (exact) mass is 206 g/mol. The Bertz CT molecular complexity index is 424. The first-order chi connectivity index (χ1) is 7.11. The van der Waals surface area contributed by atoms with Gasteiger partial charge in [0.15, 0.2) is 5.92 Å². The van der Waals surface area contributed by atoms with Crippen LogP contribution in [0.1, 0.15) is 18.4 Å². The molecule has 1 aromatic rings. The van der Waals surface area contributed by atoms with Gasteiger partial charge in [0.25, 0.3) is 0 Å². The van der Waals surface area contributed by atoms with Gasteiger partial charge >= 0.3 is 11.9 Å². The summed E-state index contributed by atoms with van der Waals surface area (Å²) in [7, 11) is 0. The molecule has 0 unspecified atom stereocenters. The van der Waals surface area contributed by atoms with Crippen molar-refractivity contribution in [3.63, 3.8) is 0 Å². The number of hydrogen-bond donors (Lipinski definition) is 1. The standard InChI is InChI=1S/C11H10O4/c1-6-7-4-2-3-5-8(7)15-11(14)9(6)10(12)13/h2-6,9H,1H3,(H,12,13)/t6-,9-/m0/s1. The normalized spacial score (nSPS) is 24.2. The molecule has 0 aromatic heterocycles. The molecule has 0 radical (unpaired) electrons. The van der Waals surface area contributed by atoms with E-state index < -0.39 is 17.9 Å². The second kappa shape index (κ2) is 3.38. The van der Waals surface area contributed by atoms with E-state index in [9.17, 15) is 9.59 Å². The van der Waals surface area contributed by atoms with Crippen molar-refractivity contribution < 1.29 is 19.4 Å². The number of hydrogen-bond acceptors (Lipinski definition) is 3. The number of carbonyl (C=O) groups excluding carboxylic acids is 1. The second-order valence-electron chi connectivity index (χ2n) is 3.56. The number of aliphatic carboxylic acids is 1. The maximum Gasteiger partial charge on any atom is 0.326 e. The number of ether oxygens (including phenoxy) is 1. The molecule has 0 fully saturated rings. The van der Waals surface area contributed by atoms with E-state index in [0.717, 1.165) is 5.56 Å². The number of fused-ring (bicyclic) bond motifs is 1. The zero-order valence-electron chi connectivity index (χ0n) is 8.14. The molecule has 0 saturated carbocycles. The average molecular weight is 206 g/mol. The molecular weight excluding hydrogens is 196 g/mol. The second-order valence-corrected chi connectivity index (χ2v) is 3.56. The Balaban J connectivity index is 2.47. The molecule has 4 nitrogen and oxygen atoms in total. The van der Waals surface area contributed by atoms with Crippen LogP contribution in [0.4, 0.5) is 0 Å². The van der Waals surface area contributed by atoms with Gasteiger partial charge in [-0.05, 0) is 11.6 Å². The summed E-state index contributed by atoms with van der Waals surface area (Å²) in [5.74, 6) is -2.80. The molecule has 0 spiro atoms. The Labute approximate surface area is 86.5 Å². The Morgan fingerprint density at radius 1 is 1.40 bits per heavy atom.